The van der Waals surface area contributed by atoms with Crippen LogP contribution in [0.2, 0.25) is 0 Å². The minimum Gasteiger partial charge on any atom is 0 e. The maximum Gasteiger partial charge on any atom is 0.316 e. The van der Waals surface area contributed by atoms with Crippen molar-refractivity contribution < 1.29 is 40.3 Å². The molecule has 0 bridgehead atoms. The molecule has 0 rings (SSSR count). The van der Waals surface area contributed by atoms with Gasteiger partial charge in [0.05, 0.1) is 0 Å². The van der Waals surface area contributed by atoms with Crippen molar-refractivity contribution in [2.45, 2.75) is 0 Å². The van der Waals surface area contributed by atoms with Crippen LogP contribution in [0.3, 0.4) is 0 Å². The molecule has 0 amide bonds. The van der Waals surface area contributed by atoms with E-state index < -0.39 is 0 Å². The fourth-order valence-corrected chi connectivity index (χ4v) is 0. The van der Waals surface area contributed by atoms with Crippen molar-refractivity contribution in [3.05, 3.63) is 0 Å². The number of rotatable bonds is 0. The normalized spacial score (nSPS) is 0. The number of hydrogen-bond acceptors (Lipinski definition) is 0. The van der Waals surface area contributed by atoms with E-state index in [9.17, 15) is 0 Å². The quantitative estimate of drug-likeness (QED) is 0.372. The van der Waals surface area contributed by atoms with Gasteiger partial charge in [0.25, 0.3) is 0 Å². The maximum atomic E-state index is 0. The van der Waals surface area contributed by atoms with Gasteiger partial charge >= 0.3 is 60.8 Å². The summed E-state index contributed by atoms with van der Waals surface area (Å²) in [5.74, 6) is 0. The summed E-state index contributed by atoms with van der Waals surface area (Å²) in [5, 5.41) is 0. The van der Waals surface area contributed by atoms with E-state index in [0.717, 1.165) is 0 Å². The van der Waals surface area contributed by atoms with Crippen molar-refractivity contribution in [1.82, 2.24) is 0 Å². The summed E-state index contributed by atoms with van der Waals surface area (Å²) in [4.78, 5) is 0. The molecule has 0 spiro atoms. The molecule has 4 heteroatoms. The molecule has 17 valence electrons. The van der Waals surface area contributed by atoms with Crippen LogP contribution < -0.4 is 0 Å². The van der Waals surface area contributed by atoms with E-state index >= 15 is 0 Å². The molecule has 0 atom stereocenters. The van der Waals surface area contributed by atoms with Gasteiger partial charge in [-0.1, -0.05) is 0 Å². The van der Waals surface area contributed by atoms with E-state index in [-0.39, 0.29) is 101 Å². The molecule has 4 heavy (non-hydrogen) atoms. The van der Waals surface area contributed by atoms with Crippen LogP contribution in [-0.4, -0.2) is 60.8 Å². The van der Waals surface area contributed by atoms with Crippen molar-refractivity contribution in [1.29, 1.82) is 0 Å². The Labute approximate surface area is 98.8 Å². The predicted molar refractivity (Wildman–Crippen MR) is 17.1 cm³/mol. The van der Waals surface area contributed by atoms with Crippen LogP contribution in [0.5, 0.6) is 0 Å². The Bertz CT molecular complexity index is 8.00. The average Bonchev–Trinajstić information content (AvgIpc) is 0. The third kappa shape index (κ3) is 9.01. The summed E-state index contributed by atoms with van der Waals surface area (Å²) in [6, 6.07) is 0. The van der Waals surface area contributed by atoms with Crippen LogP contribution in [0.1, 0.15) is 0 Å². The molecule has 0 aliphatic carbocycles. The minimum atomic E-state index is 0. The second-order valence-electron chi connectivity index (χ2n) is 0. The monoisotopic (exact) mass is 167 g/mol. The molecule has 0 nitrogen and oxygen atoms in total. The molecule has 0 aliphatic rings. The predicted octanol–water partition coefficient (Wildman–Crippen LogP) is -1.84. The number of hydrogen-bond donors (Lipinski definition) is 0. The Balaban J connectivity index is 0. The van der Waals surface area contributed by atoms with Gasteiger partial charge in [0, 0.05) is 40.3 Å². The third-order valence-corrected chi connectivity index (χ3v) is 0. The summed E-state index contributed by atoms with van der Waals surface area (Å²) in [5.41, 5.74) is 0. The van der Waals surface area contributed by atoms with Crippen molar-refractivity contribution in [2.24, 2.45) is 0 Å². The maximum absolute atomic E-state index is 0. The molecule has 1 radical (unpaired) electrons. The Morgan fingerprint density at radius 3 is 1.00 bits per heavy atom. The van der Waals surface area contributed by atoms with Crippen molar-refractivity contribution in [3.63, 3.8) is 0 Å². The average molecular weight is 167 g/mol. The molecule has 0 saturated carbocycles. The standard InChI is InChI=1S/Ca.Mg.Ti.V.4H. The zero-order valence-corrected chi connectivity index (χ0v) is 3.91. The fourth-order valence-electron chi connectivity index (χ4n) is 0. The zero-order valence-electron chi connectivity index (χ0n) is 0.947. The summed E-state index contributed by atoms with van der Waals surface area (Å²) in [6.07, 6.45) is 0. The Kier molecular flexibility index (Phi) is 108. The fraction of sp³-hybridized carbons (Fsp3) is 0. The molecule has 0 saturated heterocycles. The smallest absolute Gasteiger partial charge is 0 e. The second-order valence-corrected chi connectivity index (χ2v) is 0. The first-order valence-electron chi connectivity index (χ1n) is 0. The summed E-state index contributed by atoms with van der Waals surface area (Å²) >= 11 is 0. The van der Waals surface area contributed by atoms with E-state index in [2.05, 4.69) is 0 Å². The molecule has 0 N–H and O–H groups in total. The van der Waals surface area contributed by atoms with Crippen molar-refractivity contribution in [2.75, 3.05) is 0 Å². The van der Waals surface area contributed by atoms with Crippen LogP contribution in [0.4, 0.5) is 0 Å². The second kappa shape index (κ2) is 16.2. The Morgan fingerprint density at radius 1 is 1.00 bits per heavy atom. The van der Waals surface area contributed by atoms with Crippen LogP contribution in [0.15, 0.2) is 0 Å². The first-order valence-corrected chi connectivity index (χ1v) is 0. The molecule has 0 aromatic heterocycles. The van der Waals surface area contributed by atoms with Crippen LogP contribution in [-0.2, 0) is 40.3 Å². The zero-order chi connectivity index (χ0) is 0. The van der Waals surface area contributed by atoms with Crippen molar-refractivity contribution in [3.8, 4) is 0 Å². The minimum absolute atomic E-state index is 0. The SMILES string of the molecule is [CaH2].[MgH2].[Ti].[V]. The largest absolute Gasteiger partial charge is 0.316 e. The molecular formula is H4CaMgTiV. The van der Waals surface area contributed by atoms with Gasteiger partial charge in [0.1, 0.15) is 0 Å². The molecule has 0 aromatic rings. The van der Waals surface area contributed by atoms with E-state index in [1.807, 2.05) is 0 Å². The van der Waals surface area contributed by atoms with E-state index in [0.29, 0.717) is 0 Å². The van der Waals surface area contributed by atoms with Crippen LogP contribution >= 0.6 is 0 Å². The van der Waals surface area contributed by atoms with Crippen molar-refractivity contribution >= 4 is 60.8 Å². The molecule has 0 unspecified atom stereocenters. The van der Waals surface area contributed by atoms with Gasteiger partial charge in [-0.3, -0.25) is 0 Å². The van der Waals surface area contributed by atoms with Gasteiger partial charge < -0.3 is 0 Å². The van der Waals surface area contributed by atoms with E-state index in [1.54, 1.807) is 0 Å². The summed E-state index contributed by atoms with van der Waals surface area (Å²) < 4.78 is 0. The van der Waals surface area contributed by atoms with Gasteiger partial charge in [-0.05, 0) is 0 Å². The first-order chi connectivity index (χ1) is 0. The van der Waals surface area contributed by atoms with E-state index in [4.69, 9.17) is 0 Å². The molecule has 0 heterocycles. The van der Waals surface area contributed by atoms with Crippen LogP contribution in [0, 0.1) is 0 Å². The van der Waals surface area contributed by atoms with Gasteiger partial charge in [-0.15, -0.1) is 0 Å². The van der Waals surface area contributed by atoms with Gasteiger partial charge in [-0.25, -0.2) is 0 Å². The first kappa shape index (κ1) is 26.5. The topological polar surface area (TPSA) is 0 Å². The molecule has 0 aromatic carbocycles. The Hall–Kier alpha value is 3.32. The van der Waals surface area contributed by atoms with E-state index in [1.165, 1.54) is 0 Å². The van der Waals surface area contributed by atoms with Gasteiger partial charge in [-0.2, -0.15) is 0 Å². The Morgan fingerprint density at radius 2 is 1.00 bits per heavy atom. The molecular weight excluding hydrogens is 163 g/mol. The third-order valence-electron chi connectivity index (χ3n) is 0. The summed E-state index contributed by atoms with van der Waals surface area (Å²) in [7, 11) is 0. The molecule has 0 fully saturated rings. The van der Waals surface area contributed by atoms with Gasteiger partial charge in [0.2, 0.25) is 0 Å². The van der Waals surface area contributed by atoms with Crippen LogP contribution in [0.25, 0.3) is 0 Å². The van der Waals surface area contributed by atoms with Gasteiger partial charge in [0.15, 0.2) is 0 Å². The summed E-state index contributed by atoms with van der Waals surface area (Å²) in [6.45, 7) is 0. The molecule has 0 aliphatic heterocycles.